The van der Waals surface area contributed by atoms with Crippen LogP contribution in [0.3, 0.4) is 0 Å². The Morgan fingerprint density at radius 3 is 1.96 bits per heavy atom. The lowest BCUT2D eigenvalue weighted by atomic mass is 9.34. The van der Waals surface area contributed by atoms with Crippen molar-refractivity contribution in [3.63, 3.8) is 0 Å². The van der Waals surface area contributed by atoms with E-state index in [4.69, 9.17) is 0 Å². The van der Waals surface area contributed by atoms with Crippen LogP contribution in [0.15, 0.2) is 170 Å². The monoisotopic (exact) mass is 657 g/mol. The number of anilines is 3. The molecule has 13 rings (SSSR count). The van der Waals surface area contributed by atoms with Gasteiger partial charge in [-0.2, -0.15) is 0 Å². The second-order valence-electron chi connectivity index (χ2n) is 14.4. The van der Waals surface area contributed by atoms with Gasteiger partial charge in [0, 0.05) is 60.6 Å². The molecular formula is C48H28BN3. The van der Waals surface area contributed by atoms with Crippen LogP contribution in [0, 0.1) is 0 Å². The summed E-state index contributed by atoms with van der Waals surface area (Å²) >= 11 is 0. The van der Waals surface area contributed by atoms with Gasteiger partial charge >= 0.3 is 0 Å². The zero-order valence-electron chi connectivity index (χ0n) is 28.1. The van der Waals surface area contributed by atoms with E-state index < -0.39 is 0 Å². The van der Waals surface area contributed by atoms with E-state index in [1.807, 2.05) is 0 Å². The molecule has 0 aliphatic carbocycles. The van der Waals surface area contributed by atoms with E-state index in [-0.39, 0.29) is 6.71 Å². The Hall–Kier alpha value is -6.78. The van der Waals surface area contributed by atoms with E-state index in [2.05, 4.69) is 184 Å². The molecule has 0 unspecified atom stereocenters. The van der Waals surface area contributed by atoms with Gasteiger partial charge in [-0.05, 0) is 82.1 Å². The molecule has 4 heteroatoms. The lowest BCUT2D eigenvalue weighted by molar-refractivity contribution is 1.18. The minimum Gasteiger partial charge on any atom is -0.311 e. The molecule has 2 aliphatic rings. The molecule has 0 spiro atoms. The summed E-state index contributed by atoms with van der Waals surface area (Å²) in [4.78, 5) is 2.47. The second kappa shape index (κ2) is 9.51. The number of rotatable bonds is 2. The predicted octanol–water partition coefficient (Wildman–Crippen LogP) is 10.2. The van der Waals surface area contributed by atoms with Gasteiger partial charge in [0.25, 0.3) is 6.71 Å². The van der Waals surface area contributed by atoms with Crippen LogP contribution in [0.1, 0.15) is 0 Å². The van der Waals surface area contributed by atoms with E-state index >= 15 is 0 Å². The molecule has 52 heavy (non-hydrogen) atoms. The summed E-state index contributed by atoms with van der Waals surface area (Å²) in [6, 6.07) is 63.2. The van der Waals surface area contributed by atoms with Crippen molar-refractivity contribution in [3.8, 4) is 16.8 Å². The van der Waals surface area contributed by atoms with Gasteiger partial charge in [-0.1, -0.05) is 115 Å². The van der Waals surface area contributed by atoms with Crippen molar-refractivity contribution in [2.45, 2.75) is 0 Å². The van der Waals surface area contributed by atoms with Crippen LogP contribution in [0.2, 0.25) is 0 Å². The van der Waals surface area contributed by atoms with E-state index in [0.717, 1.165) is 0 Å². The molecule has 2 aliphatic heterocycles. The quantitative estimate of drug-likeness (QED) is 0.169. The highest BCUT2D eigenvalue weighted by molar-refractivity contribution is 7.00. The van der Waals surface area contributed by atoms with Gasteiger partial charge in [-0.3, -0.25) is 0 Å². The van der Waals surface area contributed by atoms with Crippen LogP contribution in [0.4, 0.5) is 17.1 Å². The number of para-hydroxylation sites is 4. The van der Waals surface area contributed by atoms with Crippen molar-refractivity contribution in [1.29, 1.82) is 0 Å². The van der Waals surface area contributed by atoms with Crippen molar-refractivity contribution in [2.24, 2.45) is 0 Å². The molecule has 0 fully saturated rings. The number of aromatic nitrogens is 2. The number of hydrogen-bond donors (Lipinski definition) is 0. The average Bonchev–Trinajstić information content (AvgIpc) is 3.85. The SMILES string of the molecule is c1ccc(-c2cc3c4ccccc4n4c5ccc6c7cccc8c7n(c6c5c(c2)c34)-c2cccc3c2B8c2ccccc2N3c2ccccc2)cc1. The lowest BCUT2D eigenvalue weighted by Crippen LogP contribution is -2.60. The standard InChI is InChI=1S/C48H28BN3/c1-3-13-29(14-4-1)30-27-35-32-17-7-9-21-39(32)51-41-26-25-34-33-18-11-20-38-47(33)52(48(34)44(41)36(28-30)46(35)51)43-24-12-23-42-45(43)49(38)37-19-8-10-22-40(37)50(42)31-15-5-2-6-16-31/h1-28H. The van der Waals surface area contributed by atoms with Crippen LogP contribution in [-0.2, 0) is 0 Å². The zero-order chi connectivity index (χ0) is 33.7. The third-order valence-corrected chi connectivity index (χ3v) is 12.0. The average molecular weight is 658 g/mol. The lowest BCUT2D eigenvalue weighted by Gasteiger charge is -2.40. The minimum absolute atomic E-state index is 0.127. The molecule has 3 aromatic heterocycles. The molecule has 0 bridgehead atoms. The molecule has 0 saturated carbocycles. The Balaban J connectivity index is 1.24. The van der Waals surface area contributed by atoms with E-state index in [1.54, 1.807) is 0 Å². The fourth-order valence-corrected chi connectivity index (χ4v) is 10.1. The maximum atomic E-state index is 2.63. The minimum atomic E-state index is 0.127. The van der Waals surface area contributed by atoms with Gasteiger partial charge in [-0.15, -0.1) is 0 Å². The van der Waals surface area contributed by atoms with Gasteiger partial charge in [0.05, 0.1) is 22.1 Å². The third kappa shape index (κ3) is 3.16. The van der Waals surface area contributed by atoms with E-state index in [1.165, 1.54) is 110 Å². The van der Waals surface area contributed by atoms with Gasteiger partial charge < -0.3 is 13.9 Å². The highest BCUT2D eigenvalue weighted by Crippen LogP contribution is 2.47. The summed E-state index contributed by atoms with van der Waals surface area (Å²) in [7, 11) is 0. The van der Waals surface area contributed by atoms with Crippen LogP contribution in [-0.4, -0.2) is 15.7 Å². The Morgan fingerprint density at radius 1 is 0.385 bits per heavy atom. The molecule has 0 amide bonds. The first-order valence-electron chi connectivity index (χ1n) is 18.2. The molecule has 0 radical (unpaired) electrons. The number of nitrogens with zero attached hydrogens (tertiary/aromatic N) is 3. The van der Waals surface area contributed by atoms with Crippen LogP contribution >= 0.6 is 0 Å². The first-order chi connectivity index (χ1) is 25.8. The molecule has 238 valence electrons. The molecule has 0 atom stereocenters. The van der Waals surface area contributed by atoms with Gasteiger partial charge in [-0.25, -0.2) is 0 Å². The van der Waals surface area contributed by atoms with Crippen LogP contribution < -0.4 is 21.3 Å². The van der Waals surface area contributed by atoms with Gasteiger partial charge in [0.15, 0.2) is 0 Å². The number of fused-ring (bicyclic) bond motifs is 14. The largest absolute Gasteiger partial charge is 0.311 e. The number of hydrogen-bond acceptors (Lipinski definition) is 1. The van der Waals surface area contributed by atoms with E-state index in [0.29, 0.717) is 0 Å². The fraction of sp³-hybridized carbons (Fsp3) is 0. The van der Waals surface area contributed by atoms with Crippen LogP contribution in [0.25, 0.3) is 76.7 Å². The topological polar surface area (TPSA) is 12.6 Å². The van der Waals surface area contributed by atoms with Crippen molar-refractivity contribution in [2.75, 3.05) is 4.90 Å². The summed E-state index contributed by atoms with van der Waals surface area (Å²) in [5.41, 5.74) is 17.9. The summed E-state index contributed by atoms with van der Waals surface area (Å²) in [5, 5.41) is 7.83. The number of benzene rings is 8. The van der Waals surface area contributed by atoms with Crippen molar-refractivity contribution in [1.82, 2.24) is 8.97 Å². The Bertz CT molecular complexity index is 3300. The summed E-state index contributed by atoms with van der Waals surface area (Å²) in [5.74, 6) is 0. The summed E-state index contributed by atoms with van der Waals surface area (Å²) in [6.45, 7) is 0.127. The normalized spacial score (nSPS) is 13.3. The maximum absolute atomic E-state index is 2.63. The van der Waals surface area contributed by atoms with Gasteiger partial charge in [0.1, 0.15) is 0 Å². The van der Waals surface area contributed by atoms with Crippen molar-refractivity contribution < 1.29 is 0 Å². The highest BCUT2D eigenvalue weighted by Gasteiger charge is 2.42. The first kappa shape index (κ1) is 27.0. The zero-order valence-corrected chi connectivity index (χ0v) is 28.1. The molecule has 0 saturated heterocycles. The highest BCUT2D eigenvalue weighted by atomic mass is 15.2. The smallest absolute Gasteiger partial charge is 0.252 e. The molecule has 0 N–H and O–H groups in total. The van der Waals surface area contributed by atoms with Crippen molar-refractivity contribution in [3.05, 3.63) is 170 Å². The van der Waals surface area contributed by atoms with Gasteiger partial charge in [0.2, 0.25) is 0 Å². The van der Waals surface area contributed by atoms with Crippen LogP contribution in [0.5, 0.6) is 0 Å². The predicted molar refractivity (Wildman–Crippen MR) is 220 cm³/mol. The molecule has 3 nitrogen and oxygen atoms in total. The first-order valence-corrected chi connectivity index (χ1v) is 18.2. The molecule has 5 heterocycles. The second-order valence-corrected chi connectivity index (χ2v) is 14.4. The molecule has 8 aromatic carbocycles. The fourth-order valence-electron chi connectivity index (χ4n) is 10.1. The van der Waals surface area contributed by atoms with E-state index in [9.17, 15) is 0 Å². The third-order valence-electron chi connectivity index (χ3n) is 12.0. The summed E-state index contributed by atoms with van der Waals surface area (Å²) in [6.07, 6.45) is 0. The Kier molecular flexibility index (Phi) is 4.94. The Labute approximate surface area is 299 Å². The molecule has 11 aromatic rings. The van der Waals surface area contributed by atoms with Crippen molar-refractivity contribution >= 4 is 100 Å². The Morgan fingerprint density at radius 2 is 1.06 bits per heavy atom. The summed E-state index contributed by atoms with van der Waals surface area (Å²) < 4.78 is 5.15. The maximum Gasteiger partial charge on any atom is 0.252 e. The molecular weight excluding hydrogens is 629 g/mol.